The summed E-state index contributed by atoms with van der Waals surface area (Å²) in [5.74, 6) is 0.754. The first-order valence-corrected chi connectivity index (χ1v) is 7.21. The lowest BCUT2D eigenvalue weighted by Crippen LogP contribution is -2.24. The number of methoxy groups -OCH3 is 1. The SMILES string of the molecule is COc1cccc(C(O)CN(C)Cc2cccc(Cl)c2)c1. The maximum Gasteiger partial charge on any atom is 0.119 e. The summed E-state index contributed by atoms with van der Waals surface area (Å²) in [6.07, 6.45) is -0.552. The van der Waals surface area contributed by atoms with E-state index >= 15 is 0 Å². The van der Waals surface area contributed by atoms with Crippen LogP contribution in [0, 0.1) is 0 Å². The number of halogens is 1. The Kier molecular flexibility index (Phi) is 5.62. The molecule has 4 heteroatoms. The highest BCUT2D eigenvalue weighted by Crippen LogP contribution is 2.20. The van der Waals surface area contributed by atoms with E-state index in [1.54, 1.807) is 7.11 Å². The minimum atomic E-state index is -0.552. The van der Waals surface area contributed by atoms with E-state index in [4.69, 9.17) is 16.3 Å². The molecule has 0 amide bonds. The van der Waals surface area contributed by atoms with Crippen molar-refractivity contribution in [2.24, 2.45) is 0 Å². The molecule has 1 N–H and O–H groups in total. The van der Waals surface area contributed by atoms with Crippen molar-refractivity contribution < 1.29 is 9.84 Å². The number of hydrogen-bond acceptors (Lipinski definition) is 3. The van der Waals surface area contributed by atoms with Crippen molar-refractivity contribution in [1.29, 1.82) is 0 Å². The Morgan fingerprint density at radius 3 is 2.67 bits per heavy atom. The van der Waals surface area contributed by atoms with E-state index in [1.807, 2.05) is 55.6 Å². The molecule has 0 bridgehead atoms. The topological polar surface area (TPSA) is 32.7 Å². The van der Waals surface area contributed by atoms with E-state index in [0.29, 0.717) is 6.54 Å². The van der Waals surface area contributed by atoms with Gasteiger partial charge in [-0.25, -0.2) is 0 Å². The van der Waals surface area contributed by atoms with Crippen LogP contribution in [-0.4, -0.2) is 30.7 Å². The van der Waals surface area contributed by atoms with Crippen molar-refractivity contribution in [3.8, 4) is 5.75 Å². The zero-order chi connectivity index (χ0) is 15.2. The van der Waals surface area contributed by atoms with E-state index in [-0.39, 0.29) is 0 Å². The standard InChI is InChI=1S/C17H20ClNO2/c1-19(11-13-5-3-7-15(18)9-13)12-17(20)14-6-4-8-16(10-14)21-2/h3-10,17,20H,11-12H2,1-2H3. The van der Waals surface area contributed by atoms with Crippen molar-refractivity contribution in [2.45, 2.75) is 12.6 Å². The van der Waals surface area contributed by atoms with Gasteiger partial charge in [-0.05, 0) is 42.4 Å². The monoisotopic (exact) mass is 305 g/mol. The summed E-state index contributed by atoms with van der Waals surface area (Å²) in [4.78, 5) is 2.07. The van der Waals surface area contributed by atoms with Crippen molar-refractivity contribution in [2.75, 3.05) is 20.7 Å². The predicted octanol–water partition coefficient (Wildman–Crippen LogP) is 3.51. The summed E-state index contributed by atoms with van der Waals surface area (Å²) in [6.45, 7) is 1.28. The second-order valence-corrected chi connectivity index (χ2v) is 5.56. The summed E-state index contributed by atoms with van der Waals surface area (Å²) >= 11 is 5.98. The molecule has 112 valence electrons. The highest BCUT2D eigenvalue weighted by atomic mass is 35.5. The molecular formula is C17H20ClNO2. The predicted molar refractivity (Wildman–Crippen MR) is 85.7 cm³/mol. The van der Waals surface area contributed by atoms with Gasteiger partial charge in [-0.15, -0.1) is 0 Å². The fourth-order valence-electron chi connectivity index (χ4n) is 2.26. The van der Waals surface area contributed by atoms with E-state index < -0.39 is 6.10 Å². The molecular weight excluding hydrogens is 286 g/mol. The van der Waals surface area contributed by atoms with Gasteiger partial charge in [0.2, 0.25) is 0 Å². The molecule has 0 aliphatic rings. The van der Waals surface area contributed by atoms with Gasteiger partial charge in [0.05, 0.1) is 13.2 Å². The van der Waals surface area contributed by atoms with Gasteiger partial charge in [0.1, 0.15) is 5.75 Å². The van der Waals surface area contributed by atoms with Crippen LogP contribution in [0.5, 0.6) is 5.75 Å². The van der Waals surface area contributed by atoms with Gasteiger partial charge in [0.25, 0.3) is 0 Å². The molecule has 1 unspecified atom stereocenters. The zero-order valence-electron chi connectivity index (χ0n) is 12.3. The molecule has 0 aliphatic carbocycles. The number of aliphatic hydroxyl groups is 1. The molecule has 21 heavy (non-hydrogen) atoms. The second kappa shape index (κ2) is 7.46. The third-order valence-electron chi connectivity index (χ3n) is 3.30. The maximum absolute atomic E-state index is 10.3. The van der Waals surface area contributed by atoms with Crippen molar-refractivity contribution in [1.82, 2.24) is 4.90 Å². The average molecular weight is 306 g/mol. The smallest absolute Gasteiger partial charge is 0.119 e. The Balaban J connectivity index is 1.96. The lowest BCUT2D eigenvalue weighted by atomic mass is 10.1. The van der Waals surface area contributed by atoms with Crippen LogP contribution in [0.4, 0.5) is 0 Å². The molecule has 0 saturated carbocycles. The molecule has 0 fully saturated rings. The summed E-state index contributed by atoms with van der Waals surface area (Å²) in [6, 6.07) is 15.3. The first-order valence-electron chi connectivity index (χ1n) is 6.83. The molecule has 2 aromatic carbocycles. The summed E-state index contributed by atoms with van der Waals surface area (Å²) in [7, 11) is 3.60. The molecule has 0 spiro atoms. The highest BCUT2D eigenvalue weighted by Gasteiger charge is 2.12. The second-order valence-electron chi connectivity index (χ2n) is 5.12. The Hall–Kier alpha value is -1.55. The maximum atomic E-state index is 10.3. The lowest BCUT2D eigenvalue weighted by molar-refractivity contribution is 0.123. The first-order chi connectivity index (χ1) is 10.1. The number of rotatable bonds is 6. The van der Waals surface area contributed by atoms with Crippen LogP contribution in [0.3, 0.4) is 0 Å². The van der Waals surface area contributed by atoms with Gasteiger partial charge < -0.3 is 9.84 Å². The Morgan fingerprint density at radius 2 is 1.95 bits per heavy atom. The quantitative estimate of drug-likeness (QED) is 0.886. The van der Waals surface area contributed by atoms with Crippen LogP contribution in [0.2, 0.25) is 5.02 Å². The molecule has 2 aromatic rings. The van der Waals surface area contributed by atoms with Crippen LogP contribution in [0.25, 0.3) is 0 Å². The number of aliphatic hydroxyl groups excluding tert-OH is 1. The molecule has 2 rings (SSSR count). The zero-order valence-corrected chi connectivity index (χ0v) is 13.0. The van der Waals surface area contributed by atoms with Crippen LogP contribution in [-0.2, 0) is 6.54 Å². The van der Waals surface area contributed by atoms with Gasteiger partial charge in [-0.1, -0.05) is 35.9 Å². The average Bonchev–Trinajstić information content (AvgIpc) is 2.47. The van der Waals surface area contributed by atoms with Crippen LogP contribution in [0.15, 0.2) is 48.5 Å². The Morgan fingerprint density at radius 1 is 1.19 bits per heavy atom. The first kappa shape index (κ1) is 15.8. The highest BCUT2D eigenvalue weighted by molar-refractivity contribution is 6.30. The minimum Gasteiger partial charge on any atom is -0.497 e. The number of ether oxygens (including phenoxy) is 1. The molecule has 3 nitrogen and oxygen atoms in total. The van der Waals surface area contributed by atoms with Gasteiger partial charge in [0, 0.05) is 18.1 Å². The third-order valence-corrected chi connectivity index (χ3v) is 3.54. The van der Waals surface area contributed by atoms with E-state index in [2.05, 4.69) is 4.90 Å². The summed E-state index contributed by atoms with van der Waals surface area (Å²) < 4.78 is 5.18. The fourth-order valence-corrected chi connectivity index (χ4v) is 2.47. The normalized spacial score (nSPS) is 12.4. The van der Waals surface area contributed by atoms with Crippen molar-refractivity contribution in [3.05, 3.63) is 64.7 Å². The van der Waals surface area contributed by atoms with Crippen molar-refractivity contribution in [3.63, 3.8) is 0 Å². The summed E-state index contributed by atoms with van der Waals surface area (Å²) in [5, 5.41) is 11.1. The number of hydrogen-bond donors (Lipinski definition) is 1. The Labute approximate surface area is 130 Å². The van der Waals surface area contributed by atoms with Gasteiger partial charge >= 0.3 is 0 Å². The fraction of sp³-hybridized carbons (Fsp3) is 0.294. The number of benzene rings is 2. The van der Waals surface area contributed by atoms with E-state index in [9.17, 15) is 5.11 Å². The van der Waals surface area contributed by atoms with E-state index in [1.165, 1.54) is 0 Å². The molecule has 0 aliphatic heterocycles. The summed E-state index contributed by atoms with van der Waals surface area (Å²) in [5.41, 5.74) is 1.98. The van der Waals surface area contributed by atoms with E-state index in [0.717, 1.165) is 28.4 Å². The van der Waals surface area contributed by atoms with Crippen LogP contribution >= 0.6 is 11.6 Å². The van der Waals surface area contributed by atoms with Crippen LogP contribution < -0.4 is 4.74 Å². The van der Waals surface area contributed by atoms with Gasteiger partial charge in [0.15, 0.2) is 0 Å². The number of likely N-dealkylation sites (N-methyl/N-ethyl adjacent to an activating group) is 1. The molecule has 0 saturated heterocycles. The molecule has 1 atom stereocenters. The van der Waals surface area contributed by atoms with Gasteiger partial charge in [-0.3, -0.25) is 4.90 Å². The largest absolute Gasteiger partial charge is 0.497 e. The molecule has 0 aromatic heterocycles. The minimum absolute atomic E-state index is 0.541. The third kappa shape index (κ3) is 4.74. The number of nitrogens with zero attached hydrogens (tertiary/aromatic N) is 1. The van der Waals surface area contributed by atoms with Crippen molar-refractivity contribution >= 4 is 11.6 Å². The molecule has 0 radical (unpaired) electrons. The van der Waals surface area contributed by atoms with Gasteiger partial charge in [-0.2, -0.15) is 0 Å². The van der Waals surface area contributed by atoms with Crippen LogP contribution in [0.1, 0.15) is 17.2 Å². The lowest BCUT2D eigenvalue weighted by Gasteiger charge is -2.21. The Bertz CT molecular complexity index is 589. The molecule has 0 heterocycles.